The molecule has 2 rings (SSSR count). The first kappa shape index (κ1) is 14.4. The predicted octanol–water partition coefficient (Wildman–Crippen LogP) is 1.52. The van der Waals surface area contributed by atoms with Gasteiger partial charge < -0.3 is 10.1 Å². The standard InChI is InChI=1S/C13H25N5O/c1-11(2)14-10-13-15-16-17-18(13)8-9-19-12-6-4-3-5-7-12/h11-12,14H,3-10H2,1-2H3. The summed E-state index contributed by atoms with van der Waals surface area (Å²) in [5.41, 5.74) is 0. The highest BCUT2D eigenvalue weighted by molar-refractivity contribution is 4.80. The number of aromatic nitrogens is 4. The third-order valence-corrected chi connectivity index (χ3v) is 3.48. The Morgan fingerprint density at radius 3 is 2.84 bits per heavy atom. The minimum absolute atomic E-state index is 0.434. The molecule has 0 amide bonds. The number of ether oxygens (including phenoxy) is 1. The van der Waals surface area contributed by atoms with E-state index in [1.165, 1.54) is 32.1 Å². The number of rotatable bonds is 7. The van der Waals surface area contributed by atoms with Crippen molar-refractivity contribution in [3.8, 4) is 0 Å². The van der Waals surface area contributed by atoms with E-state index in [-0.39, 0.29) is 0 Å². The van der Waals surface area contributed by atoms with E-state index < -0.39 is 0 Å². The Labute approximate surface area is 114 Å². The highest BCUT2D eigenvalue weighted by Gasteiger charge is 2.14. The number of hydrogen-bond donors (Lipinski definition) is 1. The van der Waals surface area contributed by atoms with E-state index in [1.807, 2.05) is 4.68 Å². The molecule has 0 aromatic carbocycles. The number of nitrogens with one attached hydrogen (secondary N) is 1. The molecule has 6 heteroatoms. The first-order valence-corrected chi connectivity index (χ1v) is 7.35. The fraction of sp³-hybridized carbons (Fsp3) is 0.923. The number of tetrazole rings is 1. The Bertz CT molecular complexity index is 360. The smallest absolute Gasteiger partial charge is 0.165 e. The minimum atomic E-state index is 0.434. The summed E-state index contributed by atoms with van der Waals surface area (Å²) in [5, 5.41) is 15.1. The lowest BCUT2D eigenvalue weighted by Gasteiger charge is -2.21. The van der Waals surface area contributed by atoms with Gasteiger partial charge in [-0.15, -0.1) is 5.10 Å². The summed E-state index contributed by atoms with van der Waals surface area (Å²) in [6, 6.07) is 0.434. The van der Waals surface area contributed by atoms with Crippen LogP contribution in [0.25, 0.3) is 0 Å². The first-order chi connectivity index (χ1) is 9.25. The summed E-state index contributed by atoms with van der Waals surface area (Å²) in [6.45, 7) is 6.36. The van der Waals surface area contributed by atoms with Crippen LogP contribution in [0.3, 0.4) is 0 Å². The summed E-state index contributed by atoms with van der Waals surface area (Å²) in [5.74, 6) is 0.876. The van der Waals surface area contributed by atoms with E-state index in [9.17, 15) is 0 Å². The highest BCUT2D eigenvalue weighted by Crippen LogP contribution is 2.20. The Morgan fingerprint density at radius 2 is 2.11 bits per heavy atom. The molecule has 1 fully saturated rings. The quantitative estimate of drug-likeness (QED) is 0.811. The lowest BCUT2D eigenvalue weighted by Crippen LogP contribution is -2.25. The third kappa shape index (κ3) is 4.87. The SMILES string of the molecule is CC(C)NCc1nnnn1CCOC1CCCCC1. The van der Waals surface area contributed by atoms with Crippen LogP contribution in [0, 0.1) is 0 Å². The van der Waals surface area contributed by atoms with Crippen molar-refractivity contribution in [2.75, 3.05) is 6.61 Å². The Hall–Kier alpha value is -1.01. The van der Waals surface area contributed by atoms with Crippen LogP contribution in [0.5, 0.6) is 0 Å². The molecule has 19 heavy (non-hydrogen) atoms. The maximum atomic E-state index is 5.90. The molecule has 1 aromatic heterocycles. The van der Waals surface area contributed by atoms with E-state index in [0.717, 1.165) is 12.4 Å². The van der Waals surface area contributed by atoms with Crippen LogP contribution in [0.1, 0.15) is 51.8 Å². The number of hydrogen-bond acceptors (Lipinski definition) is 5. The van der Waals surface area contributed by atoms with Crippen molar-refractivity contribution >= 4 is 0 Å². The molecule has 1 aliphatic carbocycles. The monoisotopic (exact) mass is 267 g/mol. The zero-order valence-corrected chi connectivity index (χ0v) is 12.0. The molecule has 0 unspecified atom stereocenters. The maximum Gasteiger partial charge on any atom is 0.165 e. The zero-order chi connectivity index (χ0) is 13.5. The van der Waals surface area contributed by atoms with Crippen LogP contribution in [0.15, 0.2) is 0 Å². The van der Waals surface area contributed by atoms with Crippen molar-refractivity contribution in [2.45, 2.75) is 71.2 Å². The van der Waals surface area contributed by atoms with Gasteiger partial charge in [-0.1, -0.05) is 33.1 Å². The molecule has 1 saturated carbocycles. The second kappa shape index (κ2) is 7.55. The second-order valence-corrected chi connectivity index (χ2v) is 5.48. The van der Waals surface area contributed by atoms with Crippen LogP contribution in [-0.2, 0) is 17.8 Å². The van der Waals surface area contributed by atoms with Gasteiger partial charge in [0.05, 0.1) is 25.8 Å². The average Bonchev–Trinajstić information content (AvgIpc) is 2.85. The molecule has 0 bridgehead atoms. The van der Waals surface area contributed by atoms with Crippen molar-refractivity contribution in [1.82, 2.24) is 25.5 Å². The predicted molar refractivity (Wildman–Crippen MR) is 72.6 cm³/mol. The van der Waals surface area contributed by atoms with Gasteiger partial charge in [0.2, 0.25) is 0 Å². The van der Waals surface area contributed by atoms with Gasteiger partial charge in [-0.05, 0) is 23.3 Å². The van der Waals surface area contributed by atoms with E-state index in [1.54, 1.807) is 0 Å². The van der Waals surface area contributed by atoms with E-state index >= 15 is 0 Å². The summed E-state index contributed by atoms with van der Waals surface area (Å²) in [7, 11) is 0. The van der Waals surface area contributed by atoms with Gasteiger partial charge in [0, 0.05) is 6.04 Å². The number of nitrogens with zero attached hydrogens (tertiary/aromatic N) is 4. The largest absolute Gasteiger partial charge is 0.376 e. The lowest BCUT2D eigenvalue weighted by molar-refractivity contribution is 0.0223. The molecule has 0 saturated heterocycles. The molecule has 1 aromatic rings. The van der Waals surface area contributed by atoms with Gasteiger partial charge in [0.1, 0.15) is 0 Å². The first-order valence-electron chi connectivity index (χ1n) is 7.35. The average molecular weight is 267 g/mol. The van der Waals surface area contributed by atoms with Crippen LogP contribution >= 0.6 is 0 Å². The lowest BCUT2D eigenvalue weighted by atomic mass is 9.98. The van der Waals surface area contributed by atoms with Crippen LogP contribution < -0.4 is 5.32 Å². The normalized spacial score (nSPS) is 17.2. The molecule has 0 radical (unpaired) electrons. The molecule has 1 aliphatic rings. The Morgan fingerprint density at radius 1 is 1.32 bits per heavy atom. The Kier molecular flexibility index (Phi) is 5.72. The van der Waals surface area contributed by atoms with Crippen LogP contribution in [0.2, 0.25) is 0 Å². The summed E-state index contributed by atoms with van der Waals surface area (Å²) >= 11 is 0. The van der Waals surface area contributed by atoms with Crippen molar-refractivity contribution < 1.29 is 4.74 Å². The summed E-state index contributed by atoms with van der Waals surface area (Å²) in [6.07, 6.45) is 6.83. The second-order valence-electron chi connectivity index (χ2n) is 5.48. The van der Waals surface area contributed by atoms with Crippen molar-refractivity contribution in [3.63, 3.8) is 0 Å². The van der Waals surface area contributed by atoms with E-state index in [2.05, 4.69) is 34.7 Å². The molecule has 1 N–H and O–H groups in total. The summed E-state index contributed by atoms with van der Waals surface area (Å²) in [4.78, 5) is 0. The van der Waals surface area contributed by atoms with Gasteiger partial charge in [-0.3, -0.25) is 0 Å². The van der Waals surface area contributed by atoms with E-state index in [0.29, 0.717) is 25.3 Å². The maximum absolute atomic E-state index is 5.90. The fourth-order valence-corrected chi connectivity index (χ4v) is 2.36. The van der Waals surface area contributed by atoms with Gasteiger partial charge in [-0.25, -0.2) is 4.68 Å². The molecule has 108 valence electrons. The molecule has 6 nitrogen and oxygen atoms in total. The van der Waals surface area contributed by atoms with Crippen molar-refractivity contribution in [3.05, 3.63) is 5.82 Å². The highest BCUT2D eigenvalue weighted by atomic mass is 16.5. The third-order valence-electron chi connectivity index (χ3n) is 3.48. The molecular formula is C13H25N5O. The molecule has 0 aliphatic heterocycles. The van der Waals surface area contributed by atoms with Crippen molar-refractivity contribution in [1.29, 1.82) is 0 Å². The molecule has 1 heterocycles. The minimum Gasteiger partial charge on any atom is -0.376 e. The Balaban J connectivity index is 1.71. The topological polar surface area (TPSA) is 64.9 Å². The molecule has 0 spiro atoms. The van der Waals surface area contributed by atoms with Gasteiger partial charge in [0.15, 0.2) is 5.82 Å². The van der Waals surface area contributed by atoms with Crippen LogP contribution in [-0.4, -0.2) is 39.0 Å². The molecule has 0 atom stereocenters. The van der Waals surface area contributed by atoms with Gasteiger partial charge in [-0.2, -0.15) is 0 Å². The van der Waals surface area contributed by atoms with Gasteiger partial charge in [0.25, 0.3) is 0 Å². The van der Waals surface area contributed by atoms with Crippen LogP contribution in [0.4, 0.5) is 0 Å². The van der Waals surface area contributed by atoms with Crippen molar-refractivity contribution in [2.24, 2.45) is 0 Å². The van der Waals surface area contributed by atoms with Gasteiger partial charge >= 0.3 is 0 Å². The zero-order valence-electron chi connectivity index (χ0n) is 12.0. The molecular weight excluding hydrogens is 242 g/mol. The van der Waals surface area contributed by atoms with E-state index in [4.69, 9.17) is 4.74 Å². The summed E-state index contributed by atoms with van der Waals surface area (Å²) < 4.78 is 7.73. The fourth-order valence-electron chi connectivity index (χ4n) is 2.36.